The summed E-state index contributed by atoms with van der Waals surface area (Å²) in [7, 11) is 0. The number of halogens is 5. The van der Waals surface area contributed by atoms with Crippen LogP contribution >= 0.6 is 23.2 Å². The Hall–Kier alpha value is -1.51. The van der Waals surface area contributed by atoms with Gasteiger partial charge in [-0.15, -0.1) is 0 Å². The van der Waals surface area contributed by atoms with E-state index in [0.717, 1.165) is 0 Å². The number of carboxylic acid groups (broad SMARTS) is 1. The number of anilines is 1. The van der Waals surface area contributed by atoms with Crippen LogP contribution in [-0.4, -0.2) is 27.6 Å². The normalized spacial score (nSPS) is 22.0. The average molecular weight is 357 g/mol. The number of hydrazone groups is 1. The first-order chi connectivity index (χ1) is 9.96. The highest BCUT2D eigenvalue weighted by Gasteiger charge is 2.49. The quantitative estimate of drug-likeness (QED) is 0.851. The maximum atomic E-state index is 12.7. The van der Waals surface area contributed by atoms with Gasteiger partial charge in [-0.3, -0.25) is 0 Å². The van der Waals surface area contributed by atoms with Crippen LogP contribution in [-0.2, 0) is 11.0 Å². The molecule has 0 saturated heterocycles. The van der Waals surface area contributed by atoms with Crippen molar-refractivity contribution in [3.05, 3.63) is 27.7 Å². The molecule has 0 aromatic heterocycles. The summed E-state index contributed by atoms with van der Waals surface area (Å²) in [5.41, 5.74) is -3.60. The van der Waals surface area contributed by atoms with E-state index in [1.165, 1.54) is 6.92 Å². The molecule has 120 valence electrons. The highest BCUT2D eigenvalue weighted by Crippen LogP contribution is 2.44. The van der Waals surface area contributed by atoms with Crippen molar-refractivity contribution in [3.8, 4) is 0 Å². The molecule has 2 N–H and O–H groups in total. The molecule has 10 heteroatoms. The van der Waals surface area contributed by atoms with Crippen molar-refractivity contribution in [2.24, 2.45) is 5.10 Å². The van der Waals surface area contributed by atoms with Gasteiger partial charge in [-0.1, -0.05) is 23.2 Å². The van der Waals surface area contributed by atoms with Gasteiger partial charge in [0.1, 0.15) is 5.69 Å². The standard InChI is InChI=1S/C12H9Cl2F3N2O3/c1-5-4-11(22,10(20)21)19(18-5)9-7(13)2-6(3-8(9)14)12(15,16)17/h2-3,22H,4H2,1H3,(H,20,21). The summed E-state index contributed by atoms with van der Waals surface area (Å²) in [6, 6.07) is 1.18. The number of benzene rings is 1. The van der Waals surface area contributed by atoms with Gasteiger partial charge in [-0.25, -0.2) is 9.80 Å². The fraction of sp³-hybridized carbons (Fsp3) is 0.333. The second kappa shape index (κ2) is 5.29. The van der Waals surface area contributed by atoms with Gasteiger partial charge in [0.2, 0.25) is 0 Å². The van der Waals surface area contributed by atoms with Gasteiger partial charge in [-0.05, 0) is 19.1 Å². The fourth-order valence-electron chi connectivity index (χ4n) is 2.05. The number of rotatable bonds is 2. The zero-order valence-corrected chi connectivity index (χ0v) is 12.5. The van der Waals surface area contributed by atoms with Crippen LogP contribution in [0.4, 0.5) is 18.9 Å². The number of hydrogen-bond acceptors (Lipinski definition) is 4. The molecule has 0 radical (unpaired) electrons. The predicted octanol–water partition coefficient (Wildman–Crippen LogP) is 3.37. The van der Waals surface area contributed by atoms with E-state index >= 15 is 0 Å². The molecule has 2 rings (SSSR count). The van der Waals surface area contributed by atoms with Crippen molar-refractivity contribution in [1.29, 1.82) is 0 Å². The molecule has 1 atom stereocenters. The van der Waals surface area contributed by atoms with Gasteiger partial charge < -0.3 is 10.2 Å². The third-order valence-electron chi connectivity index (χ3n) is 3.02. The molecule has 1 aliphatic rings. The van der Waals surface area contributed by atoms with E-state index in [2.05, 4.69) is 5.10 Å². The van der Waals surface area contributed by atoms with Crippen LogP contribution < -0.4 is 5.01 Å². The summed E-state index contributed by atoms with van der Waals surface area (Å²) in [4.78, 5) is 11.3. The summed E-state index contributed by atoms with van der Waals surface area (Å²) in [5, 5.41) is 22.8. The smallest absolute Gasteiger partial charge is 0.416 e. The lowest BCUT2D eigenvalue weighted by molar-refractivity contribution is -0.157. The van der Waals surface area contributed by atoms with E-state index in [1.54, 1.807) is 0 Å². The molecule has 0 amide bonds. The summed E-state index contributed by atoms with van der Waals surface area (Å²) >= 11 is 11.6. The van der Waals surface area contributed by atoms with Crippen molar-refractivity contribution >= 4 is 40.6 Å². The molecule has 0 aliphatic carbocycles. The highest BCUT2D eigenvalue weighted by atomic mass is 35.5. The summed E-state index contributed by atoms with van der Waals surface area (Å²) in [5.74, 6) is -1.62. The van der Waals surface area contributed by atoms with E-state index in [0.29, 0.717) is 17.1 Å². The maximum Gasteiger partial charge on any atom is 0.416 e. The Balaban J connectivity index is 2.60. The van der Waals surface area contributed by atoms with Crippen LogP contribution in [0.25, 0.3) is 0 Å². The van der Waals surface area contributed by atoms with Gasteiger partial charge >= 0.3 is 12.1 Å². The largest absolute Gasteiger partial charge is 0.478 e. The Labute approximate surface area is 132 Å². The van der Waals surface area contributed by atoms with Crippen LogP contribution in [0, 0.1) is 0 Å². The summed E-state index contributed by atoms with van der Waals surface area (Å²) < 4.78 is 38.1. The first kappa shape index (κ1) is 16.9. The lowest BCUT2D eigenvalue weighted by Gasteiger charge is -2.30. The SMILES string of the molecule is CC1=NN(c2c(Cl)cc(C(F)(F)F)cc2Cl)C(O)(C(=O)O)C1. The van der Waals surface area contributed by atoms with E-state index in [1.807, 2.05) is 0 Å². The molecule has 0 fully saturated rings. The first-order valence-corrected chi connectivity index (χ1v) is 6.58. The Kier molecular flexibility index (Phi) is 4.05. The maximum absolute atomic E-state index is 12.7. The topological polar surface area (TPSA) is 73.1 Å². The third-order valence-corrected chi connectivity index (χ3v) is 3.60. The van der Waals surface area contributed by atoms with Crippen LogP contribution in [0.15, 0.2) is 17.2 Å². The number of nitrogens with zero attached hydrogens (tertiary/aromatic N) is 2. The number of alkyl halides is 3. The van der Waals surface area contributed by atoms with Crippen LogP contribution in [0.3, 0.4) is 0 Å². The van der Waals surface area contributed by atoms with Gasteiger partial charge in [0.15, 0.2) is 0 Å². The van der Waals surface area contributed by atoms with E-state index in [4.69, 9.17) is 28.3 Å². The average Bonchev–Trinajstić information content (AvgIpc) is 2.64. The molecule has 1 heterocycles. The second-order valence-electron chi connectivity index (χ2n) is 4.73. The zero-order chi connectivity index (χ0) is 16.9. The van der Waals surface area contributed by atoms with Gasteiger partial charge in [0, 0.05) is 12.1 Å². The molecule has 0 spiro atoms. The molecule has 22 heavy (non-hydrogen) atoms. The minimum absolute atomic E-state index is 0.261. The molecule has 0 bridgehead atoms. The lowest BCUT2D eigenvalue weighted by atomic mass is 10.1. The molecular formula is C12H9Cl2F3N2O3. The van der Waals surface area contributed by atoms with Crippen LogP contribution in [0.2, 0.25) is 10.0 Å². The molecule has 1 aromatic rings. The van der Waals surface area contributed by atoms with Crippen molar-refractivity contribution in [2.75, 3.05) is 5.01 Å². The molecule has 1 unspecified atom stereocenters. The number of carboxylic acids is 1. The van der Waals surface area contributed by atoms with Crippen molar-refractivity contribution in [3.63, 3.8) is 0 Å². The van der Waals surface area contributed by atoms with Gasteiger partial charge in [-0.2, -0.15) is 18.3 Å². The minimum atomic E-state index is -4.67. The van der Waals surface area contributed by atoms with Crippen LogP contribution in [0.1, 0.15) is 18.9 Å². The van der Waals surface area contributed by atoms with Crippen molar-refractivity contribution in [1.82, 2.24) is 0 Å². The molecular weight excluding hydrogens is 348 g/mol. The van der Waals surface area contributed by atoms with Crippen molar-refractivity contribution < 1.29 is 28.2 Å². The van der Waals surface area contributed by atoms with E-state index < -0.39 is 33.5 Å². The predicted molar refractivity (Wildman–Crippen MR) is 74.3 cm³/mol. The third kappa shape index (κ3) is 2.73. The number of aliphatic carboxylic acids is 1. The van der Waals surface area contributed by atoms with E-state index in [9.17, 15) is 23.1 Å². The Bertz CT molecular complexity index is 655. The lowest BCUT2D eigenvalue weighted by Crippen LogP contribution is -2.50. The minimum Gasteiger partial charge on any atom is -0.478 e. The van der Waals surface area contributed by atoms with Crippen LogP contribution in [0.5, 0.6) is 0 Å². The number of hydrogen-bond donors (Lipinski definition) is 2. The first-order valence-electron chi connectivity index (χ1n) is 5.83. The van der Waals surface area contributed by atoms with Crippen molar-refractivity contribution in [2.45, 2.75) is 25.2 Å². The Morgan fingerprint density at radius 3 is 2.27 bits per heavy atom. The highest BCUT2D eigenvalue weighted by molar-refractivity contribution is 6.39. The van der Waals surface area contributed by atoms with E-state index in [-0.39, 0.29) is 17.8 Å². The monoisotopic (exact) mass is 356 g/mol. The second-order valence-corrected chi connectivity index (χ2v) is 5.55. The number of aliphatic hydroxyl groups is 1. The molecule has 1 aromatic carbocycles. The zero-order valence-electron chi connectivity index (χ0n) is 10.9. The fourth-order valence-corrected chi connectivity index (χ4v) is 2.70. The molecule has 1 aliphatic heterocycles. The summed E-state index contributed by atoms with van der Waals surface area (Å²) in [6.07, 6.45) is -5.00. The Morgan fingerprint density at radius 2 is 1.86 bits per heavy atom. The Morgan fingerprint density at radius 1 is 1.36 bits per heavy atom. The summed E-state index contributed by atoms with van der Waals surface area (Å²) in [6.45, 7) is 1.46. The van der Waals surface area contributed by atoms with Gasteiger partial charge in [0.05, 0.1) is 15.6 Å². The number of carbonyl (C=O) groups is 1. The molecule has 0 saturated carbocycles. The van der Waals surface area contributed by atoms with Gasteiger partial charge in [0.25, 0.3) is 5.72 Å². The molecule has 5 nitrogen and oxygen atoms in total.